The smallest absolute Gasteiger partial charge is 0.127 e. The molecule has 94 valence electrons. The Bertz CT molecular complexity index is 397. The van der Waals surface area contributed by atoms with Crippen LogP contribution in [0.4, 0.5) is 15.8 Å². The van der Waals surface area contributed by atoms with Crippen LogP contribution in [0, 0.1) is 5.82 Å². The van der Waals surface area contributed by atoms with Gasteiger partial charge in [0.2, 0.25) is 0 Å². The predicted octanol–water partition coefficient (Wildman–Crippen LogP) is 1.94. The summed E-state index contributed by atoms with van der Waals surface area (Å²) in [4.78, 5) is 4.52. The molecule has 1 saturated heterocycles. The van der Waals surface area contributed by atoms with E-state index in [1.165, 1.54) is 6.07 Å². The number of anilines is 2. The Morgan fingerprint density at radius 2 is 1.94 bits per heavy atom. The zero-order chi connectivity index (χ0) is 12.6. The Morgan fingerprint density at radius 1 is 1.24 bits per heavy atom. The highest BCUT2D eigenvalue weighted by atomic mass is 19.1. The highest BCUT2D eigenvalue weighted by molar-refractivity contribution is 5.57. The van der Waals surface area contributed by atoms with Crippen molar-refractivity contribution in [3.63, 3.8) is 0 Å². The highest BCUT2D eigenvalue weighted by Gasteiger charge is 2.31. The van der Waals surface area contributed by atoms with Crippen molar-refractivity contribution in [2.45, 2.75) is 19.4 Å². The van der Waals surface area contributed by atoms with Crippen molar-refractivity contribution in [2.24, 2.45) is 0 Å². The maximum atomic E-state index is 13.3. The van der Waals surface area contributed by atoms with Crippen molar-refractivity contribution in [1.29, 1.82) is 0 Å². The summed E-state index contributed by atoms with van der Waals surface area (Å²) in [6.45, 7) is 7.16. The Hall–Kier alpha value is -1.29. The van der Waals surface area contributed by atoms with E-state index in [9.17, 15) is 4.39 Å². The molecule has 1 fully saturated rings. The minimum atomic E-state index is -0.267. The van der Waals surface area contributed by atoms with Crippen LogP contribution < -0.4 is 10.6 Å². The van der Waals surface area contributed by atoms with Crippen LogP contribution in [0.5, 0.6) is 0 Å². The first kappa shape index (κ1) is 12.2. The summed E-state index contributed by atoms with van der Waals surface area (Å²) in [5, 5.41) is 0. The summed E-state index contributed by atoms with van der Waals surface area (Å²) < 4.78 is 13.3. The van der Waals surface area contributed by atoms with Gasteiger partial charge in [0.25, 0.3) is 0 Å². The van der Waals surface area contributed by atoms with Crippen LogP contribution in [-0.4, -0.2) is 37.1 Å². The number of piperazine rings is 1. The molecule has 0 atom stereocenters. The lowest BCUT2D eigenvalue weighted by Crippen LogP contribution is -2.57. The van der Waals surface area contributed by atoms with Crippen LogP contribution >= 0.6 is 0 Å². The maximum Gasteiger partial charge on any atom is 0.127 e. The number of hydrogen-bond acceptors (Lipinski definition) is 3. The summed E-state index contributed by atoms with van der Waals surface area (Å²) in [5.74, 6) is -0.267. The lowest BCUT2D eigenvalue weighted by atomic mass is 9.99. The molecule has 1 heterocycles. The number of likely N-dealkylation sites (N-methyl/N-ethyl adjacent to an activating group) is 1. The average molecular weight is 237 g/mol. The van der Waals surface area contributed by atoms with Crippen molar-refractivity contribution in [1.82, 2.24) is 4.90 Å². The SMILES string of the molecule is CN1CCN(c2cc(N)cc(F)c2)CC1(C)C. The zero-order valence-corrected chi connectivity index (χ0v) is 10.7. The molecule has 0 aliphatic carbocycles. The van der Waals surface area contributed by atoms with Gasteiger partial charge < -0.3 is 10.6 Å². The molecule has 0 radical (unpaired) electrons. The molecule has 1 aliphatic rings. The van der Waals surface area contributed by atoms with Gasteiger partial charge in [-0.15, -0.1) is 0 Å². The van der Waals surface area contributed by atoms with E-state index in [-0.39, 0.29) is 11.4 Å². The fourth-order valence-electron chi connectivity index (χ4n) is 2.24. The molecule has 1 aromatic carbocycles. The molecule has 0 saturated carbocycles. The third-order valence-electron chi connectivity index (χ3n) is 3.59. The molecule has 0 spiro atoms. The largest absolute Gasteiger partial charge is 0.399 e. The Balaban J connectivity index is 2.23. The van der Waals surface area contributed by atoms with Gasteiger partial charge in [-0.2, -0.15) is 0 Å². The van der Waals surface area contributed by atoms with E-state index >= 15 is 0 Å². The molecule has 1 aliphatic heterocycles. The third kappa shape index (κ3) is 2.52. The predicted molar refractivity (Wildman–Crippen MR) is 69.7 cm³/mol. The molecule has 4 heteroatoms. The Labute approximate surface area is 102 Å². The standard InChI is InChI=1S/C13H20FN3/c1-13(2)9-17(5-4-16(13)3)12-7-10(14)6-11(15)8-12/h6-8H,4-5,9,15H2,1-3H3. The quantitative estimate of drug-likeness (QED) is 0.758. The minimum Gasteiger partial charge on any atom is -0.399 e. The summed E-state index contributed by atoms with van der Waals surface area (Å²) in [6, 6.07) is 4.74. The van der Waals surface area contributed by atoms with Crippen molar-refractivity contribution >= 4 is 11.4 Å². The van der Waals surface area contributed by atoms with Gasteiger partial charge in [0.05, 0.1) is 0 Å². The van der Waals surface area contributed by atoms with Crippen molar-refractivity contribution in [3.05, 3.63) is 24.0 Å². The number of nitrogens with zero attached hydrogens (tertiary/aromatic N) is 2. The monoisotopic (exact) mass is 237 g/mol. The zero-order valence-electron chi connectivity index (χ0n) is 10.7. The van der Waals surface area contributed by atoms with Gasteiger partial charge in [0.15, 0.2) is 0 Å². The van der Waals surface area contributed by atoms with Crippen LogP contribution in [-0.2, 0) is 0 Å². The molecular weight excluding hydrogens is 217 g/mol. The number of rotatable bonds is 1. The van der Waals surface area contributed by atoms with Gasteiger partial charge in [-0.1, -0.05) is 0 Å². The number of nitrogens with two attached hydrogens (primary N) is 1. The Morgan fingerprint density at radius 3 is 2.53 bits per heavy atom. The topological polar surface area (TPSA) is 32.5 Å². The van der Waals surface area contributed by atoms with Gasteiger partial charge in [-0.3, -0.25) is 4.90 Å². The van der Waals surface area contributed by atoms with E-state index < -0.39 is 0 Å². The van der Waals surface area contributed by atoms with Gasteiger partial charge in [0, 0.05) is 36.5 Å². The molecule has 1 aromatic rings. The molecule has 2 N–H and O–H groups in total. The first-order valence-corrected chi connectivity index (χ1v) is 5.91. The van der Waals surface area contributed by atoms with E-state index in [0.717, 1.165) is 25.3 Å². The second-order valence-electron chi connectivity index (χ2n) is 5.40. The van der Waals surface area contributed by atoms with E-state index in [0.29, 0.717) is 5.69 Å². The van der Waals surface area contributed by atoms with Crippen molar-refractivity contribution in [3.8, 4) is 0 Å². The van der Waals surface area contributed by atoms with Gasteiger partial charge in [-0.05, 0) is 39.1 Å². The van der Waals surface area contributed by atoms with E-state index in [1.807, 2.05) is 6.07 Å². The van der Waals surface area contributed by atoms with Gasteiger partial charge in [-0.25, -0.2) is 4.39 Å². The number of hydrogen-bond donors (Lipinski definition) is 1. The Kier molecular flexibility index (Phi) is 3.00. The van der Waals surface area contributed by atoms with Crippen LogP contribution in [0.25, 0.3) is 0 Å². The number of halogens is 1. The highest BCUT2D eigenvalue weighted by Crippen LogP contribution is 2.26. The molecule has 0 aromatic heterocycles. The first-order valence-electron chi connectivity index (χ1n) is 5.91. The lowest BCUT2D eigenvalue weighted by molar-refractivity contribution is 0.139. The van der Waals surface area contributed by atoms with Crippen LogP contribution in [0.3, 0.4) is 0 Å². The van der Waals surface area contributed by atoms with Crippen LogP contribution in [0.15, 0.2) is 18.2 Å². The van der Waals surface area contributed by atoms with E-state index in [1.54, 1.807) is 6.07 Å². The summed E-state index contributed by atoms with van der Waals surface area (Å²) in [6.07, 6.45) is 0. The van der Waals surface area contributed by atoms with E-state index in [4.69, 9.17) is 5.73 Å². The second kappa shape index (κ2) is 4.18. The number of nitrogen functional groups attached to an aromatic ring is 1. The second-order valence-corrected chi connectivity index (χ2v) is 5.40. The summed E-state index contributed by atoms with van der Waals surface area (Å²) >= 11 is 0. The third-order valence-corrected chi connectivity index (χ3v) is 3.59. The van der Waals surface area contributed by atoms with E-state index in [2.05, 4.69) is 30.7 Å². The van der Waals surface area contributed by atoms with Crippen molar-refractivity contribution in [2.75, 3.05) is 37.3 Å². The summed E-state index contributed by atoms with van der Waals surface area (Å²) in [5.41, 5.74) is 7.14. The van der Waals surface area contributed by atoms with Gasteiger partial charge >= 0.3 is 0 Å². The average Bonchev–Trinajstić information content (AvgIpc) is 2.20. The fourth-order valence-corrected chi connectivity index (χ4v) is 2.24. The summed E-state index contributed by atoms with van der Waals surface area (Å²) in [7, 11) is 2.12. The molecular formula is C13H20FN3. The van der Waals surface area contributed by atoms with Crippen molar-refractivity contribution < 1.29 is 4.39 Å². The maximum absolute atomic E-state index is 13.3. The minimum absolute atomic E-state index is 0.0966. The fraction of sp³-hybridized carbons (Fsp3) is 0.538. The normalized spacial score (nSPS) is 20.6. The molecule has 17 heavy (non-hydrogen) atoms. The molecule has 2 rings (SSSR count). The van der Waals surface area contributed by atoms with Crippen LogP contribution in [0.1, 0.15) is 13.8 Å². The molecule has 3 nitrogen and oxygen atoms in total. The first-order chi connectivity index (χ1) is 7.88. The molecule has 0 unspecified atom stereocenters. The molecule has 0 bridgehead atoms. The van der Waals surface area contributed by atoms with Crippen LogP contribution in [0.2, 0.25) is 0 Å². The van der Waals surface area contributed by atoms with Gasteiger partial charge in [0.1, 0.15) is 5.82 Å². The number of benzene rings is 1. The lowest BCUT2D eigenvalue weighted by Gasteiger charge is -2.46. The molecule has 0 amide bonds.